The van der Waals surface area contributed by atoms with Gasteiger partial charge in [-0.25, -0.2) is 0 Å². The Kier molecular flexibility index (Phi) is 5.16. The Bertz CT molecular complexity index is 249. The average Bonchev–Trinajstić information content (AvgIpc) is 2.27. The minimum absolute atomic E-state index is 0.142. The summed E-state index contributed by atoms with van der Waals surface area (Å²) in [4.78, 5) is 11.5. The molecule has 0 unspecified atom stereocenters. The zero-order valence-electron chi connectivity index (χ0n) is 9.59. The molecule has 0 radical (unpaired) electrons. The highest BCUT2D eigenvalue weighted by Crippen LogP contribution is 2.17. The molecular weight excluding hydrogens is 186 g/mol. The molecule has 0 aromatic rings. The number of nitrogens with one attached hydrogen (secondary N) is 1. The second kappa shape index (κ2) is 6.44. The maximum absolute atomic E-state index is 11.5. The van der Waals surface area contributed by atoms with Gasteiger partial charge in [0, 0.05) is 12.5 Å². The van der Waals surface area contributed by atoms with Crippen LogP contribution in [0.1, 0.15) is 45.4 Å². The van der Waals surface area contributed by atoms with E-state index in [2.05, 4.69) is 11.9 Å². The van der Waals surface area contributed by atoms with Crippen molar-refractivity contribution in [1.29, 1.82) is 0 Å². The van der Waals surface area contributed by atoms with Gasteiger partial charge in [0.15, 0.2) is 0 Å². The minimum Gasteiger partial charge on any atom is -0.353 e. The van der Waals surface area contributed by atoms with Crippen LogP contribution in [0.15, 0.2) is 24.3 Å². The van der Waals surface area contributed by atoms with Gasteiger partial charge in [0.25, 0.3) is 0 Å². The van der Waals surface area contributed by atoms with Crippen LogP contribution in [-0.4, -0.2) is 11.9 Å². The molecule has 1 rings (SSSR count). The third-order valence-electron chi connectivity index (χ3n) is 2.90. The first-order chi connectivity index (χ1) is 7.22. The topological polar surface area (TPSA) is 29.1 Å². The predicted octanol–water partition coefficient (Wildman–Crippen LogP) is 2.96. The van der Waals surface area contributed by atoms with Gasteiger partial charge in [0.2, 0.25) is 5.91 Å². The van der Waals surface area contributed by atoms with Crippen LogP contribution in [-0.2, 0) is 4.79 Å². The van der Waals surface area contributed by atoms with E-state index in [0.29, 0.717) is 12.5 Å². The lowest BCUT2D eigenvalue weighted by atomic mass is 9.95. The van der Waals surface area contributed by atoms with E-state index in [0.717, 1.165) is 18.4 Å². The van der Waals surface area contributed by atoms with E-state index in [-0.39, 0.29) is 5.91 Å². The van der Waals surface area contributed by atoms with Crippen molar-refractivity contribution < 1.29 is 4.79 Å². The van der Waals surface area contributed by atoms with Gasteiger partial charge in [-0.05, 0) is 19.8 Å². The molecule has 1 amide bonds. The lowest BCUT2D eigenvalue weighted by molar-refractivity contribution is -0.121. The Morgan fingerprint density at radius 3 is 2.67 bits per heavy atom. The van der Waals surface area contributed by atoms with Crippen molar-refractivity contribution in [3.8, 4) is 0 Å². The largest absolute Gasteiger partial charge is 0.353 e. The lowest BCUT2D eigenvalue weighted by Crippen LogP contribution is -2.35. The summed E-state index contributed by atoms with van der Waals surface area (Å²) in [5.74, 6) is 0.142. The average molecular weight is 207 g/mol. The highest BCUT2D eigenvalue weighted by atomic mass is 16.1. The molecule has 1 aliphatic carbocycles. The summed E-state index contributed by atoms with van der Waals surface area (Å²) in [6.07, 6.45) is 10.3. The number of hydrogen-bond donors (Lipinski definition) is 1. The summed E-state index contributed by atoms with van der Waals surface area (Å²) in [5.41, 5.74) is 1.06. The first-order valence-electron chi connectivity index (χ1n) is 5.81. The van der Waals surface area contributed by atoms with E-state index in [4.69, 9.17) is 0 Å². The van der Waals surface area contributed by atoms with E-state index in [1.807, 2.05) is 13.0 Å². The molecule has 1 fully saturated rings. The van der Waals surface area contributed by atoms with Gasteiger partial charge in [0.05, 0.1) is 0 Å². The Hall–Kier alpha value is -1.05. The normalized spacial score (nSPS) is 18.6. The molecule has 2 nitrogen and oxygen atoms in total. The molecule has 0 heterocycles. The van der Waals surface area contributed by atoms with Crippen molar-refractivity contribution in [2.75, 3.05) is 0 Å². The number of allylic oxidation sites excluding steroid dienone is 2. The predicted molar refractivity (Wildman–Crippen MR) is 63.6 cm³/mol. The van der Waals surface area contributed by atoms with Gasteiger partial charge in [-0.15, -0.1) is 0 Å². The molecule has 1 N–H and O–H groups in total. The van der Waals surface area contributed by atoms with E-state index in [9.17, 15) is 4.79 Å². The fraction of sp³-hybridized carbons (Fsp3) is 0.615. The SMILES string of the molecule is C=CC(C)=CCC(=O)NC1CCCCC1. The van der Waals surface area contributed by atoms with Crippen molar-refractivity contribution in [3.63, 3.8) is 0 Å². The van der Waals surface area contributed by atoms with Gasteiger partial charge >= 0.3 is 0 Å². The molecule has 0 bridgehead atoms. The third-order valence-corrected chi connectivity index (χ3v) is 2.90. The van der Waals surface area contributed by atoms with Gasteiger partial charge in [-0.3, -0.25) is 4.79 Å². The minimum atomic E-state index is 0.142. The zero-order chi connectivity index (χ0) is 11.1. The number of hydrogen-bond acceptors (Lipinski definition) is 1. The second-order valence-electron chi connectivity index (χ2n) is 4.26. The van der Waals surface area contributed by atoms with Crippen LogP contribution in [0.25, 0.3) is 0 Å². The van der Waals surface area contributed by atoms with E-state index in [1.165, 1.54) is 19.3 Å². The molecule has 0 spiro atoms. The van der Waals surface area contributed by atoms with Crippen LogP contribution in [0.4, 0.5) is 0 Å². The Morgan fingerprint density at radius 1 is 1.40 bits per heavy atom. The van der Waals surface area contributed by atoms with Crippen LogP contribution in [0.5, 0.6) is 0 Å². The van der Waals surface area contributed by atoms with Crippen molar-refractivity contribution in [2.24, 2.45) is 0 Å². The molecule has 0 aromatic carbocycles. The molecule has 0 atom stereocenters. The number of amides is 1. The summed E-state index contributed by atoms with van der Waals surface area (Å²) in [7, 11) is 0. The molecule has 0 aliphatic heterocycles. The Morgan fingerprint density at radius 2 is 2.07 bits per heavy atom. The summed E-state index contributed by atoms with van der Waals surface area (Å²) < 4.78 is 0. The van der Waals surface area contributed by atoms with E-state index < -0.39 is 0 Å². The molecule has 15 heavy (non-hydrogen) atoms. The fourth-order valence-corrected chi connectivity index (χ4v) is 1.87. The first-order valence-corrected chi connectivity index (χ1v) is 5.81. The standard InChI is InChI=1S/C13H21NO/c1-3-11(2)9-10-13(15)14-12-7-5-4-6-8-12/h3,9,12H,1,4-8,10H2,2H3,(H,14,15). The second-order valence-corrected chi connectivity index (χ2v) is 4.26. The van der Waals surface area contributed by atoms with Crippen LogP contribution in [0, 0.1) is 0 Å². The van der Waals surface area contributed by atoms with Crippen LogP contribution in [0.3, 0.4) is 0 Å². The quantitative estimate of drug-likeness (QED) is 0.705. The van der Waals surface area contributed by atoms with Crippen molar-refractivity contribution >= 4 is 5.91 Å². The van der Waals surface area contributed by atoms with Gasteiger partial charge in [-0.1, -0.05) is 43.6 Å². The van der Waals surface area contributed by atoms with Crippen molar-refractivity contribution in [3.05, 3.63) is 24.3 Å². The Balaban J connectivity index is 2.25. The summed E-state index contributed by atoms with van der Waals surface area (Å²) in [6, 6.07) is 0.420. The first kappa shape index (κ1) is 12.0. The van der Waals surface area contributed by atoms with E-state index in [1.54, 1.807) is 6.08 Å². The Labute approximate surface area is 92.4 Å². The van der Waals surface area contributed by atoms with Gasteiger partial charge in [0.1, 0.15) is 0 Å². The summed E-state index contributed by atoms with van der Waals surface area (Å²) in [6.45, 7) is 5.61. The lowest BCUT2D eigenvalue weighted by Gasteiger charge is -2.22. The van der Waals surface area contributed by atoms with E-state index >= 15 is 0 Å². The highest BCUT2D eigenvalue weighted by Gasteiger charge is 2.14. The highest BCUT2D eigenvalue weighted by molar-refractivity contribution is 5.77. The molecule has 84 valence electrons. The van der Waals surface area contributed by atoms with Crippen LogP contribution < -0.4 is 5.32 Å². The number of carbonyl (C=O) groups excluding carboxylic acids is 1. The maximum atomic E-state index is 11.5. The molecule has 0 saturated heterocycles. The van der Waals surface area contributed by atoms with Crippen LogP contribution in [0.2, 0.25) is 0 Å². The monoisotopic (exact) mass is 207 g/mol. The smallest absolute Gasteiger partial charge is 0.224 e. The van der Waals surface area contributed by atoms with Crippen molar-refractivity contribution in [2.45, 2.75) is 51.5 Å². The number of rotatable bonds is 4. The van der Waals surface area contributed by atoms with Crippen LogP contribution >= 0.6 is 0 Å². The number of carbonyl (C=O) groups is 1. The third kappa shape index (κ3) is 4.82. The molecular formula is C13H21NO. The molecule has 1 saturated carbocycles. The van der Waals surface area contributed by atoms with Gasteiger partial charge in [-0.2, -0.15) is 0 Å². The maximum Gasteiger partial charge on any atom is 0.224 e. The van der Waals surface area contributed by atoms with Crippen molar-refractivity contribution in [1.82, 2.24) is 5.32 Å². The summed E-state index contributed by atoms with van der Waals surface area (Å²) >= 11 is 0. The fourth-order valence-electron chi connectivity index (χ4n) is 1.87. The molecule has 0 aromatic heterocycles. The molecule has 1 aliphatic rings. The van der Waals surface area contributed by atoms with Gasteiger partial charge < -0.3 is 5.32 Å². The summed E-state index contributed by atoms with van der Waals surface area (Å²) in [5, 5.41) is 3.08. The zero-order valence-corrected chi connectivity index (χ0v) is 9.59. The molecule has 2 heteroatoms.